The molecule has 30 heavy (non-hydrogen) atoms. The Balaban J connectivity index is 1.47. The number of amides is 1. The Morgan fingerprint density at radius 3 is 2.40 bits per heavy atom. The molecule has 1 amide bonds. The third kappa shape index (κ3) is 4.35. The van der Waals surface area contributed by atoms with Gasteiger partial charge in [0.2, 0.25) is 0 Å². The maximum absolute atomic E-state index is 12.9. The lowest BCUT2D eigenvalue weighted by Gasteiger charge is -2.12. The molecule has 1 N–H and O–H groups in total. The molecule has 0 bridgehead atoms. The summed E-state index contributed by atoms with van der Waals surface area (Å²) in [5.41, 5.74) is 6.27. The average molecular weight is 399 g/mol. The van der Waals surface area contributed by atoms with E-state index in [4.69, 9.17) is 0 Å². The number of nitrogens with zero attached hydrogens (tertiary/aromatic N) is 3. The standard InChI is InChI=1S/C25H26N4O/c1-19-15-24(20(2)29(19)17-21-9-4-3-5-10-21)25(30)26-16-22-11-6-7-12-23(22)18-28-14-8-13-27-28/h3-15H,16-18H2,1-2H3,(H,26,30). The monoisotopic (exact) mass is 398 g/mol. The van der Waals surface area contributed by atoms with Gasteiger partial charge in [-0.2, -0.15) is 5.10 Å². The van der Waals surface area contributed by atoms with Crippen LogP contribution in [0, 0.1) is 13.8 Å². The Kier molecular flexibility index (Phi) is 5.80. The van der Waals surface area contributed by atoms with Crippen LogP contribution in [0.1, 0.15) is 38.4 Å². The minimum Gasteiger partial charge on any atom is -0.348 e. The van der Waals surface area contributed by atoms with Crippen molar-refractivity contribution in [3.8, 4) is 0 Å². The van der Waals surface area contributed by atoms with Gasteiger partial charge >= 0.3 is 0 Å². The molecule has 0 aliphatic carbocycles. The molecule has 0 saturated heterocycles. The van der Waals surface area contributed by atoms with Crippen molar-refractivity contribution in [2.75, 3.05) is 0 Å². The first-order chi connectivity index (χ1) is 14.6. The number of carbonyl (C=O) groups excluding carboxylic acids is 1. The van der Waals surface area contributed by atoms with Crippen LogP contribution in [0.5, 0.6) is 0 Å². The molecule has 0 aliphatic heterocycles. The number of aromatic nitrogens is 3. The van der Waals surface area contributed by atoms with Crippen molar-refractivity contribution < 1.29 is 4.79 Å². The van der Waals surface area contributed by atoms with Gasteiger partial charge in [0.05, 0.1) is 12.1 Å². The largest absolute Gasteiger partial charge is 0.348 e. The normalized spacial score (nSPS) is 10.9. The van der Waals surface area contributed by atoms with Gasteiger partial charge in [-0.15, -0.1) is 0 Å². The summed E-state index contributed by atoms with van der Waals surface area (Å²) in [6.45, 7) is 5.99. The third-order valence-electron chi connectivity index (χ3n) is 5.45. The Morgan fingerprint density at radius 1 is 0.933 bits per heavy atom. The summed E-state index contributed by atoms with van der Waals surface area (Å²) in [6, 6.07) is 22.3. The van der Waals surface area contributed by atoms with Gasteiger partial charge in [-0.05, 0) is 42.7 Å². The molecule has 4 rings (SSSR count). The van der Waals surface area contributed by atoms with E-state index in [0.29, 0.717) is 13.1 Å². The molecular formula is C25H26N4O. The van der Waals surface area contributed by atoms with E-state index in [0.717, 1.165) is 34.6 Å². The van der Waals surface area contributed by atoms with E-state index in [2.05, 4.69) is 39.2 Å². The van der Waals surface area contributed by atoms with Crippen molar-refractivity contribution in [3.05, 3.63) is 113 Å². The first kappa shape index (κ1) is 19.7. The Bertz CT molecular complexity index is 1130. The molecule has 2 heterocycles. The van der Waals surface area contributed by atoms with E-state index in [1.807, 2.05) is 67.2 Å². The van der Waals surface area contributed by atoms with Gasteiger partial charge in [0.25, 0.3) is 5.91 Å². The number of hydrogen-bond donors (Lipinski definition) is 1. The molecule has 0 atom stereocenters. The summed E-state index contributed by atoms with van der Waals surface area (Å²) in [5.74, 6) is -0.0451. The molecule has 0 saturated carbocycles. The van der Waals surface area contributed by atoms with Gasteiger partial charge in [-0.1, -0.05) is 54.6 Å². The minimum absolute atomic E-state index is 0.0451. The quantitative estimate of drug-likeness (QED) is 0.504. The van der Waals surface area contributed by atoms with E-state index >= 15 is 0 Å². The predicted molar refractivity (Wildman–Crippen MR) is 118 cm³/mol. The van der Waals surface area contributed by atoms with Crippen molar-refractivity contribution in [2.45, 2.75) is 33.5 Å². The topological polar surface area (TPSA) is 51.9 Å². The zero-order valence-corrected chi connectivity index (χ0v) is 17.4. The van der Waals surface area contributed by atoms with Crippen molar-refractivity contribution in [3.63, 3.8) is 0 Å². The SMILES string of the molecule is Cc1cc(C(=O)NCc2ccccc2Cn2cccn2)c(C)n1Cc1ccccc1. The van der Waals surface area contributed by atoms with Gasteiger partial charge < -0.3 is 9.88 Å². The van der Waals surface area contributed by atoms with Crippen LogP contribution in [-0.4, -0.2) is 20.3 Å². The number of rotatable bonds is 7. The van der Waals surface area contributed by atoms with Crippen LogP contribution >= 0.6 is 0 Å². The summed E-state index contributed by atoms with van der Waals surface area (Å²) in [4.78, 5) is 12.9. The van der Waals surface area contributed by atoms with Crippen molar-refractivity contribution in [2.24, 2.45) is 0 Å². The molecule has 2 aromatic carbocycles. The summed E-state index contributed by atoms with van der Waals surface area (Å²) in [7, 11) is 0. The molecule has 0 fully saturated rings. The first-order valence-corrected chi connectivity index (χ1v) is 10.1. The van der Waals surface area contributed by atoms with Crippen LogP contribution in [0.15, 0.2) is 79.1 Å². The highest BCUT2D eigenvalue weighted by atomic mass is 16.1. The number of nitrogens with one attached hydrogen (secondary N) is 1. The summed E-state index contributed by atoms with van der Waals surface area (Å²) >= 11 is 0. The van der Waals surface area contributed by atoms with Gasteiger partial charge in [-0.25, -0.2) is 0 Å². The van der Waals surface area contributed by atoms with Gasteiger partial charge in [0.1, 0.15) is 0 Å². The second kappa shape index (κ2) is 8.82. The van der Waals surface area contributed by atoms with Crippen molar-refractivity contribution in [1.29, 1.82) is 0 Å². The molecule has 5 nitrogen and oxygen atoms in total. The van der Waals surface area contributed by atoms with Crippen molar-refractivity contribution in [1.82, 2.24) is 19.7 Å². The number of aryl methyl sites for hydroxylation is 1. The molecule has 0 radical (unpaired) electrons. The fourth-order valence-corrected chi connectivity index (χ4v) is 3.76. The lowest BCUT2D eigenvalue weighted by atomic mass is 10.1. The maximum atomic E-state index is 12.9. The minimum atomic E-state index is -0.0451. The van der Waals surface area contributed by atoms with Crippen LogP contribution in [0.25, 0.3) is 0 Å². The second-order valence-electron chi connectivity index (χ2n) is 7.51. The lowest BCUT2D eigenvalue weighted by Crippen LogP contribution is -2.24. The molecule has 2 aromatic heterocycles. The molecule has 152 valence electrons. The Morgan fingerprint density at radius 2 is 1.67 bits per heavy atom. The highest BCUT2D eigenvalue weighted by molar-refractivity contribution is 5.95. The molecule has 4 aromatic rings. The van der Waals surface area contributed by atoms with Crippen molar-refractivity contribution >= 4 is 5.91 Å². The highest BCUT2D eigenvalue weighted by Gasteiger charge is 2.16. The van der Waals surface area contributed by atoms with E-state index in [1.54, 1.807) is 6.20 Å². The van der Waals surface area contributed by atoms with E-state index in [-0.39, 0.29) is 5.91 Å². The maximum Gasteiger partial charge on any atom is 0.253 e. The second-order valence-corrected chi connectivity index (χ2v) is 7.51. The third-order valence-corrected chi connectivity index (χ3v) is 5.45. The van der Waals surface area contributed by atoms with Crippen LogP contribution in [0.2, 0.25) is 0 Å². The number of carbonyl (C=O) groups is 1. The molecule has 0 aliphatic rings. The van der Waals surface area contributed by atoms with Gasteiger partial charge in [-0.3, -0.25) is 9.48 Å². The zero-order valence-electron chi connectivity index (χ0n) is 17.4. The zero-order chi connectivity index (χ0) is 20.9. The van der Waals surface area contributed by atoms with Crippen LogP contribution in [0.4, 0.5) is 0 Å². The van der Waals surface area contributed by atoms with Crippen LogP contribution in [-0.2, 0) is 19.6 Å². The first-order valence-electron chi connectivity index (χ1n) is 10.1. The molecular weight excluding hydrogens is 372 g/mol. The number of hydrogen-bond acceptors (Lipinski definition) is 2. The lowest BCUT2D eigenvalue weighted by molar-refractivity contribution is 0.0950. The molecule has 5 heteroatoms. The van der Waals surface area contributed by atoms with E-state index in [1.165, 1.54) is 5.56 Å². The summed E-state index contributed by atoms with van der Waals surface area (Å²) in [6.07, 6.45) is 3.71. The van der Waals surface area contributed by atoms with E-state index < -0.39 is 0 Å². The summed E-state index contributed by atoms with van der Waals surface area (Å²) in [5, 5.41) is 7.38. The Hall–Kier alpha value is -3.60. The van der Waals surface area contributed by atoms with Crippen LogP contribution in [0.3, 0.4) is 0 Å². The Labute approximate surface area is 177 Å². The van der Waals surface area contributed by atoms with Crippen LogP contribution < -0.4 is 5.32 Å². The highest BCUT2D eigenvalue weighted by Crippen LogP contribution is 2.18. The molecule has 0 spiro atoms. The fraction of sp³-hybridized carbons (Fsp3) is 0.200. The average Bonchev–Trinajstić information content (AvgIpc) is 3.37. The molecule has 0 unspecified atom stereocenters. The predicted octanol–water partition coefficient (Wildman–Crippen LogP) is 4.33. The van der Waals surface area contributed by atoms with Gasteiger partial charge in [0.15, 0.2) is 0 Å². The van der Waals surface area contributed by atoms with E-state index in [9.17, 15) is 4.79 Å². The van der Waals surface area contributed by atoms with Gasteiger partial charge in [0, 0.05) is 36.9 Å². The number of benzene rings is 2. The fourth-order valence-electron chi connectivity index (χ4n) is 3.76. The smallest absolute Gasteiger partial charge is 0.253 e. The summed E-state index contributed by atoms with van der Waals surface area (Å²) < 4.78 is 4.08.